The Bertz CT molecular complexity index is 361. The molecular formula is C9H5F3O3. The van der Waals surface area contributed by atoms with E-state index in [9.17, 15) is 22.8 Å². The van der Waals surface area contributed by atoms with E-state index in [1.54, 1.807) is 0 Å². The van der Waals surface area contributed by atoms with Crippen LogP contribution < -0.4 is 4.74 Å². The van der Waals surface area contributed by atoms with Crippen LogP contribution in [-0.4, -0.2) is 19.2 Å². The molecule has 3 nitrogen and oxygen atoms in total. The second-order valence-corrected chi connectivity index (χ2v) is 2.53. The zero-order valence-corrected chi connectivity index (χ0v) is 7.25. The molecule has 0 heterocycles. The smallest absolute Gasteiger partial charge is 0.387 e. The second-order valence-electron chi connectivity index (χ2n) is 2.53. The van der Waals surface area contributed by atoms with Gasteiger partial charge in [-0.15, -0.1) is 0 Å². The fraction of sp³-hybridized carbons (Fsp3) is 0.111. The van der Waals surface area contributed by atoms with Gasteiger partial charge in [0.05, 0.1) is 11.1 Å². The molecule has 0 saturated heterocycles. The lowest BCUT2D eigenvalue weighted by Crippen LogP contribution is -2.04. The van der Waals surface area contributed by atoms with Gasteiger partial charge in [-0.25, -0.2) is 4.39 Å². The number of ether oxygens (including phenoxy) is 1. The third-order valence-electron chi connectivity index (χ3n) is 1.58. The first-order valence-electron chi connectivity index (χ1n) is 3.77. The molecule has 0 N–H and O–H groups in total. The standard InChI is InChI=1S/C9H5F3O3/c10-8-5(3-13)1-7(15-9(11)12)2-6(8)4-14/h1-4,9H. The molecule has 0 bridgehead atoms. The van der Waals surface area contributed by atoms with Crippen molar-refractivity contribution in [3.63, 3.8) is 0 Å². The Balaban J connectivity index is 3.20. The van der Waals surface area contributed by atoms with Crippen molar-refractivity contribution in [3.8, 4) is 5.75 Å². The average Bonchev–Trinajstić information content (AvgIpc) is 2.19. The first-order valence-corrected chi connectivity index (χ1v) is 3.77. The summed E-state index contributed by atoms with van der Waals surface area (Å²) in [7, 11) is 0. The van der Waals surface area contributed by atoms with Crippen LogP contribution in [0.5, 0.6) is 5.75 Å². The Morgan fingerprint density at radius 3 is 1.93 bits per heavy atom. The Morgan fingerprint density at radius 1 is 1.13 bits per heavy atom. The van der Waals surface area contributed by atoms with Gasteiger partial charge in [0.15, 0.2) is 12.6 Å². The molecule has 6 heteroatoms. The first-order chi connectivity index (χ1) is 7.08. The fourth-order valence-corrected chi connectivity index (χ4v) is 0.984. The van der Waals surface area contributed by atoms with Crippen LogP contribution in [0.1, 0.15) is 20.7 Å². The van der Waals surface area contributed by atoms with Crippen LogP contribution in [0.2, 0.25) is 0 Å². The lowest BCUT2D eigenvalue weighted by atomic mass is 10.1. The van der Waals surface area contributed by atoms with Gasteiger partial charge in [-0.1, -0.05) is 0 Å². The van der Waals surface area contributed by atoms with Gasteiger partial charge in [-0.2, -0.15) is 8.78 Å². The number of carbonyl (C=O) groups excluding carboxylic acids is 2. The summed E-state index contributed by atoms with van der Waals surface area (Å²) in [6.07, 6.45) is 0.224. The molecule has 0 aliphatic heterocycles. The molecule has 0 saturated carbocycles. The van der Waals surface area contributed by atoms with Gasteiger partial charge in [-0.05, 0) is 12.1 Å². The lowest BCUT2D eigenvalue weighted by molar-refractivity contribution is -0.0499. The van der Waals surface area contributed by atoms with E-state index >= 15 is 0 Å². The van der Waals surface area contributed by atoms with E-state index < -0.39 is 29.3 Å². The summed E-state index contributed by atoms with van der Waals surface area (Å²) in [5.41, 5.74) is -1.01. The molecular weight excluding hydrogens is 213 g/mol. The van der Waals surface area contributed by atoms with Crippen molar-refractivity contribution in [2.45, 2.75) is 6.61 Å². The fourth-order valence-electron chi connectivity index (χ4n) is 0.984. The number of halogens is 3. The molecule has 0 radical (unpaired) electrons. The molecule has 0 aliphatic rings. The summed E-state index contributed by atoms with van der Waals surface area (Å²) in [4.78, 5) is 20.7. The monoisotopic (exact) mass is 218 g/mol. The predicted molar refractivity (Wildman–Crippen MR) is 43.8 cm³/mol. The van der Waals surface area contributed by atoms with Crippen molar-refractivity contribution in [1.29, 1.82) is 0 Å². The van der Waals surface area contributed by atoms with Crippen molar-refractivity contribution in [2.24, 2.45) is 0 Å². The molecule has 0 aliphatic carbocycles. The SMILES string of the molecule is O=Cc1cc(OC(F)F)cc(C=O)c1F. The highest BCUT2D eigenvalue weighted by atomic mass is 19.3. The molecule has 0 fully saturated rings. The summed E-state index contributed by atoms with van der Waals surface area (Å²) >= 11 is 0. The van der Waals surface area contributed by atoms with Crippen molar-refractivity contribution >= 4 is 12.6 Å². The highest BCUT2D eigenvalue weighted by Gasteiger charge is 2.12. The third kappa shape index (κ3) is 2.55. The number of carbonyl (C=O) groups is 2. The van der Waals surface area contributed by atoms with Crippen molar-refractivity contribution in [2.75, 3.05) is 0 Å². The Hall–Kier alpha value is -1.85. The van der Waals surface area contributed by atoms with Gasteiger partial charge in [0.1, 0.15) is 11.6 Å². The van der Waals surface area contributed by atoms with E-state index in [4.69, 9.17) is 0 Å². The predicted octanol–water partition coefficient (Wildman–Crippen LogP) is 2.05. The maximum absolute atomic E-state index is 13.1. The van der Waals surface area contributed by atoms with Gasteiger partial charge in [0.2, 0.25) is 0 Å². The van der Waals surface area contributed by atoms with Crippen LogP contribution in [-0.2, 0) is 0 Å². The Kier molecular flexibility index (Phi) is 3.43. The summed E-state index contributed by atoms with van der Waals surface area (Å²) in [5.74, 6) is -1.49. The van der Waals surface area contributed by atoms with Gasteiger partial charge in [0, 0.05) is 0 Å². The molecule has 0 unspecified atom stereocenters. The lowest BCUT2D eigenvalue weighted by Gasteiger charge is -2.06. The maximum Gasteiger partial charge on any atom is 0.387 e. The van der Waals surface area contributed by atoms with Crippen molar-refractivity contribution in [3.05, 3.63) is 29.1 Å². The van der Waals surface area contributed by atoms with E-state index in [-0.39, 0.29) is 12.6 Å². The highest BCUT2D eigenvalue weighted by molar-refractivity contribution is 5.83. The van der Waals surface area contributed by atoms with Gasteiger partial charge < -0.3 is 4.74 Å². The highest BCUT2D eigenvalue weighted by Crippen LogP contribution is 2.21. The Labute approximate surface area is 82.5 Å². The zero-order chi connectivity index (χ0) is 11.4. The zero-order valence-electron chi connectivity index (χ0n) is 7.25. The normalized spacial score (nSPS) is 10.1. The van der Waals surface area contributed by atoms with Crippen LogP contribution in [0, 0.1) is 5.82 Å². The minimum absolute atomic E-state index is 0.112. The molecule has 0 amide bonds. The average molecular weight is 218 g/mol. The second kappa shape index (κ2) is 4.59. The molecule has 0 atom stereocenters. The van der Waals surface area contributed by atoms with Gasteiger partial charge >= 0.3 is 6.61 Å². The van der Waals surface area contributed by atoms with E-state index in [1.165, 1.54) is 0 Å². The van der Waals surface area contributed by atoms with E-state index in [0.29, 0.717) is 0 Å². The topological polar surface area (TPSA) is 43.4 Å². The first kappa shape index (κ1) is 11.2. The van der Waals surface area contributed by atoms with Gasteiger partial charge in [-0.3, -0.25) is 9.59 Å². The molecule has 1 aromatic carbocycles. The molecule has 1 rings (SSSR count). The molecule has 0 spiro atoms. The summed E-state index contributed by atoms with van der Waals surface area (Å²) < 4.78 is 40.6. The number of rotatable bonds is 4. The number of hydrogen-bond acceptors (Lipinski definition) is 3. The quantitative estimate of drug-likeness (QED) is 0.726. The largest absolute Gasteiger partial charge is 0.435 e. The van der Waals surface area contributed by atoms with Crippen LogP contribution in [0.15, 0.2) is 12.1 Å². The van der Waals surface area contributed by atoms with E-state index in [1.807, 2.05) is 0 Å². The number of alkyl halides is 2. The number of aldehydes is 2. The number of hydrogen-bond donors (Lipinski definition) is 0. The summed E-state index contributed by atoms with van der Waals surface area (Å²) in [6, 6.07) is 1.59. The third-order valence-corrected chi connectivity index (χ3v) is 1.58. The molecule has 0 aromatic heterocycles. The molecule has 15 heavy (non-hydrogen) atoms. The van der Waals surface area contributed by atoms with Crippen molar-refractivity contribution in [1.82, 2.24) is 0 Å². The maximum atomic E-state index is 13.1. The summed E-state index contributed by atoms with van der Waals surface area (Å²) in [6.45, 7) is -3.10. The van der Waals surface area contributed by atoms with Gasteiger partial charge in [0.25, 0.3) is 0 Å². The molecule has 80 valence electrons. The van der Waals surface area contributed by atoms with E-state index in [0.717, 1.165) is 12.1 Å². The van der Waals surface area contributed by atoms with Crippen LogP contribution in [0.4, 0.5) is 13.2 Å². The summed E-state index contributed by atoms with van der Waals surface area (Å²) in [5, 5.41) is 0. The number of benzene rings is 1. The molecule has 1 aromatic rings. The Morgan fingerprint density at radius 2 is 1.60 bits per heavy atom. The van der Waals surface area contributed by atoms with Crippen molar-refractivity contribution < 1.29 is 27.5 Å². The van der Waals surface area contributed by atoms with Crippen LogP contribution in [0.3, 0.4) is 0 Å². The van der Waals surface area contributed by atoms with Crippen LogP contribution >= 0.6 is 0 Å². The minimum Gasteiger partial charge on any atom is -0.435 e. The minimum atomic E-state index is -3.10. The van der Waals surface area contributed by atoms with Crippen LogP contribution in [0.25, 0.3) is 0 Å². The van der Waals surface area contributed by atoms with E-state index in [2.05, 4.69) is 4.74 Å².